The molecule has 4 N–H and O–H groups in total. The third kappa shape index (κ3) is 8.55. The van der Waals surface area contributed by atoms with Gasteiger partial charge in [0.2, 0.25) is 5.91 Å². The molecule has 2 amide bonds. The van der Waals surface area contributed by atoms with Gasteiger partial charge in [0.05, 0.1) is 13.5 Å². The van der Waals surface area contributed by atoms with Crippen molar-refractivity contribution in [1.29, 1.82) is 0 Å². The van der Waals surface area contributed by atoms with Gasteiger partial charge in [-0.05, 0) is 36.0 Å². The molecule has 0 bridgehead atoms. The average Bonchev–Trinajstić information content (AvgIpc) is 2.72. The Labute approximate surface area is 184 Å². The van der Waals surface area contributed by atoms with Crippen LogP contribution in [0.1, 0.15) is 57.9 Å². The normalized spacial score (nSPS) is 16.1. The highest BCUT2D eigenvalue weighted by Crippen LogP contribution is 2.27. The second-order valence-electron chi connectivity index (χ2n) is 8.61. The van der Waals surface area contributed by atoms with E-state index in [1.54, 1.807) is 6.07 Å². The van der Waals surface area contributed by atoms with Gasteiger partial charge in [-0.2, -0.15) is 4.99 Å². The summed E-state index contributed by atoms with van der Waals surface area (Å²) in [6, 6.07) is 3.75. The van der Waals surface area contributed by atoms with Crippen LogP contribution in [0.3, 0.4) is 0 Å². The minimum atomic E-state index is -0.545. The van der Waals surface area contributed by atoms with Crippen molar-refractivity contribution >= 4 is 17.8 Å². The molecule has 1 aliphatic rings. The molecule has 0 spiro atoms. The van der Waals surface area contributed by atoms with Crippen molar-refractivity contribution in [3.05, 3.63) is 29.6 Å². The van der Waals surface area contributed by atoms with Gasteiger partial charge in [0.25, 0.3) is 5.91 Å². The van der Waals surface area contributed by atoms with E-state index in [0.29, 0.717) is 30.4 Å². The summed E-state index contributed by atoms with van der Waals surface area (Å²) < 4.78 is 18.7. The van der Waals surface area contributed by atoms with E-state index >= 15 is 0 Å². The van der Waals surface area contributed by atoms with Crippen LogP contribution in [0.15, 0.2) is 23.2 Å². The lowest BCUT2D eigenvalue weighted by Crippen LogP contribution is -2.51. The number of benzene rings is 1. The fraction of sp³-hybridized carbons (Fsp3) is 0.609. The number of aliphatic imine (C=N–C) groups is 1. The first-order valence-corrected chi connectivity index (χ1v) is 11.0. The van der Waals surface area contributed by atoms with Crippen molar-refractivity contribution in [1.82, 2.24) is 10.6 Å². The highest BCUT2D eigenvalue weighted by Gasteiger charge is 2.25. The number of nitrogens with one attached hydrogen (secondary N) is 2. The van der Waals surface area contributed by atoms with Gasteiger partial charge in [-0.3, -0.25) is 9.59 Å². The molecule has 0 aromatic heterocycles. The molecule has 1 aromatic rings. The Morgan fingerprint density at radius 2 is 1.97 bits per heavy atom. The maximum atomic E-state index is 13.8. The van der Waals surface area contributed by atoms with Crippen LogP contribution in [0.5, 0.6) is 5.75 Å². The van der Waals surface area contributed by atoms with Gasteiger partial charge in [0, 0.05) is 6.54 Å². The van der Waals surface area contributed by atoms with Crippen LogP contribution in [0.25, 0.3) is 0 Å². The highest BCUT2D eigenvalue weighted by atomic mass is 19.1. The SMILES string of the molecule is COc1ccc(CC(=O)N=C(N)NC(CC2CCCCC2)C(=O)NCC(C)C)cc1F. The van der Waals surface area contributed by atoms with Crippen LogP contribution < -0.4 is 21.1 Å². The van der Waals surface area contributed by atoms with Gasteiger partial charge in [-0.1, -0.05) is 52.0 Å². The van der Waals surface area contributed by atoms with Crippen molar-refractivity contribution < 1.29 is 18.7 Å². The van der Waals surface area contributed by atoms with E-state index in [0.717, 1.165) is 12.8 Å². The predicted molar refractivity (Wildman–Crippen MR) is 119 cm³/mol. The molecule has 0 saturated heterocycles. The number of carbonyl (C=O) groups is 2. The zero-order valence-corrected chi connectivity index (χ0v) is 18.7. The standard InChI is InChI=1S/C23H35FN4O3/c1-15(2)14-26-22(30)19(12-16-7-5-4-6-8-16)27-23(25)28-21(29)13-17-9-10-20(31-3)18(24)11-17/h9-11,15-16,19H,4-8,12-14H2,1-3H3,(H,26,30)(H3,25,27,28,29). The van der Waals surface area contributed by atoms with E-state index < -0.39 is 17.8 Å². The summed E-state index contributed by atoms with van der Waals surface area (Å²) in [6.07, 6.45) is 6.31. The molecule has 1 aromatic carbocycles. The molecule has 31 heavy (non-hydrogen) atoms. The maximum absolute atomic E-state index is 13.8. The first-order valence-electron chi connectivity index (χ1n) is 11.0. The Kier molecular flexibility index (Phi) is 9.75. The van der Waals surface area contributed by atoms with Crippen molar-refractivity contribution in [3.8, 4) is 5.75 Å². The molecule has 0 radical (unpaired) electrons. The molecule has 0 heterocycles. The molecular weight excluding hydrogens is 399 g/mol. The highest BCUT2D eigenvalue weighted by molar-refractivity contribution is 5.95. The second-order valence-corrected chi connectivity index (χ2v) is 8.61. The number of hydrogen-bond donors (Lipinski definition) is 3. The van der Waals surface area contributed by atoms with E-state index in [2.05, 4.69) is 15.6 Å². The largest absolute Gasteiger partial charge is 0.494 e. The average molecular weight is 435 g/mol. The first kappa shape index (κ1) is 24.6. The number of amides is 2. The van der Waals surface area contributed by atoms with E-state index in [-0.39, 0.29) is 24.0 Å². The Morgan fingerprint density at radius 3 is 2.58 bits per heavy atom. The lowest BCUT2D eigenvalue weighted by Gasteiger charge is -2.27. The first-order chi connectivity index (χ1) is 14.8. The van der Waals surface area contributed by atoms with Crippen LogP contribution >= 0.6 is 0 Å². The van der Waals surface area contributed by atoms with Crippen LogP contribution in [-0.2, 0) is 16.0 Å². The number of methoxy groups -OCH3 is 1. The smallest absolute Gasteiger partial charge is 0.253 e. The van der Waals surface area contributed by atoms with Gasteiger partial charge in [-0.25, -0.2) is 4.39 Å². The van der Waals surface area contributed by atoms with Crippen molar-refractivity contribution in [2.75, 3.05) is 13.7 Å². The summed E-state index contributed by atoms with van der Waals surface area (Å²) >= 11 is 0. The topological polar surface area (TPSA) is 106 Å². The van der Waals surface area contributed by atoms with Crippen molar-refractivity contribution in [3.63, 3.8) is 0 Å². The number of ether oxygens (including phenoxy) is 1. The van der Waals surface area contributed by atoms with Gasteiger partial charge < -0.3 is 21.1 Å². The Balaban J connectivity index is 2.01. The van der Waals surface area contributed by atoms with E-state index in [1.165, 1.54) is 38.5 Å². The summed E-state index contributed by atoms with van der Waals surface area (Å²) in [5.41, 5.74) is 6.41. The molecule has 2 rings (SSSR count). The molecule has 1 atom stereocenters. The zero-order chi connectivity index (χ0) is 22.8. The van der Waals surface area contributed by atoms with E-state index in [4.69, 9.17) is 10.5 Å². The quantitative estimate of drug-likeness (QED) is 0.409. The fourth-order valence-electron chi connectivity index (χ4n) is 3.79. The molecular formula is C23H35FN4O3. The van der Waals surface area contributed by atoms with Crippen LogP contribution in [0.2, 0.25) is 0 Å². The van der Waals surface area contributed by atoms with E-state index in [1.807, 2.05) is 13.8 Å². The molecule has 0 aliphatic heterocycles. The van der Waals surface area contributed by atoms with Crippen molar-refractivity contribution in [2.24, 2.45) is 22.6 Å². The molecule has 172 valence electrons. The maximum Gasteiger partial charge on any atom is 0.253 e. The van der Waals surface area contributed by atoms with Crippen molar-refractivity contribution in [2.45, 2.75) is 64.8 Å². The van der Waals surface area contributed by atoms with Crippen LogP contribution in [0.4, 0.5) is 4.39 Å². The third-order valence-corrected chi connectivity index (χ3v) is 5.43. The van der Waals surface area contributed by atoms with Crippen LogP contribution in [-0.4, -0.2) is 37.5 Å². The Hall–Kier alpha value is -2.64. The molecule has 1 aliphatic carbocycles. The lowest BCUT2D eigenvalue weighted by molar-refractivity contribution is -0.123. The third-order valence-electron chi connectivity index (χ3n) is 5.43. The molecule has 1 fully saturated rings. The fourth-order valence-corrected chi connectivity index (χ4v) is 3.79. The van der Waals surface area contributed by atoms with Gasteiger partial charge in [0.15, 0.2) is 17.5 Å². The van der Waals surface area contributed by atoms with Gasteiger partial charge in [-0.15, -0.1) is 0 Å². The summed E-state index contributed by atoms with van der Waals surface area (Å²) in [5.74, 6) is -0.412. The summed E-state index contributed by atoms with van der Waals surface area (Å²) in [7, 11) is 1.38. The summed E-state index contributed by atoms with van der Waals surface area (Å²) in [6.45, 7) is 4.63. The molecule has 1 unspecified atom stereocenters. The molecule has 8 heteroatoms. The number of rotatable bonds is 9. The number of halogens is 1. The molecule has 1 saturated carbocycles. The lowest BCUT2D eigenvalue weighted by atomic mass is 9.84. The monoisotopic (exact) mass is 434 g/mol. The van der Waals surface area contributed by atoms with E-state index in [9.17, 15) is 14.0 Å². The Bertz CT molecular complexity index is 776. The van der Waals surface area contributed by atoms with Crippen LogP contribution in [0, 0.1) is 17.7 Å². The zero-order valence-electron chi connectivity index (χ0n) is 18.7. The number of nitrogens with two attached hydrogens (primary N) is 1. The second kappa shape index (κ2) is 12.3. The number of nitrogens with zero attached hydrogens (tertiary/aromatic N) is 1. The van der Waals surface area contributed by atoms with Gasteiger partial charge in [0.1, 0.15) is 6.04 Å². The summed E-state index contributed by atoms with van der Waals surface area (Å²) in [5, 5.41) is 5.87. The summed E-state index contributed by atoms with van der Waals surface area (Å²) in [4.78, 5) is 28.9. The minimum Gasteiger partial charge on any atom is -0.494 e. The number of guanidine groups is 1. The number of carbonyl (C=O) groups excluding carboxylic acids is 2. The van der Waals surface area contributed by atoms with Gasteiger partial charge >= 0.3 is 0 Å². The predicted octanol–water partition coefficient (Wildman–Crippen LogP) is 2.92. The minimum absolute atomic E-state index is 0.0977. The number of hydrogen-bond acceptors (Lipinski definition) is 3. The Morgan fingerprint density at radius 1 is 1.26 bits per heavy atom. The molecule has 7 nitrogen and oxygen atoms in total.